The predicted molar refractivity (Wildman–Crippen MR) is 102 cm³/mol. The van der Waals surface area contributed by atoms with Gasteiger partial charge in [0.05, 0.1) is 30.8 Å². The van der Waals surface area contributed by atoms with Crippen molar-refractivity contribution >= 4 is 34.5 Å². The summed E-state index contributed by atoms with van der Waals surface area (Å²) in [6.07, 6.45) is 0. The Hall–Kier alpha value is -1.99. The Morgan fingerprint density at radius 3 is 2.69 bits per heavy atom. The quantitative estimate of drug-likeness (QED) is 0.839. The molecule has 1 unspecified atom stereocenters. The van der Waals surface area contributed by atoms with E-state index >= 15 is 0 Å². The van der Waals surface area contributed by atoms with Gasteiger partial charge in [-0.05, 0) is 19.9 Å². The lowest BCUT2D eigenvalue weighted by Gasteiger charge is -2.26. The van der Waals surface area contributed by atoms with Gasteiger partial charge in [0, 0.05) is 24.0 Å². The second-order valence-corrected chi connectivity index (χ2v) is 7.35. The number of hydrogen-bond donors (Lipinski definition) is 1. The minimum absolute atomic E-state index is 0.0623. The van der Waals surface area contributed by atoms with Gasteiger partial charge >= 0.3 is 0 Å². The maximum absolute atomic E-state index is 12.2. The van der Waals surface area contributed by atoms with Gasteiger partial charge in [0.1, 0.15) is 11.3 Å². The summed E-state index contributed by atoms with van der Waals surface area (Å²) < 4.78 is 11.1. The van der Waals surface area contributed by atoms with Crippen LogP contribution in [-0.4, -0.2) is 54.5 Å². The molecule has 140 valence electrons. The smallest absolute Gasteiger partial charge is 0.232 e. The van der Waals surface area contributed by atoms with Gasteiger partial charge in [0.25, 0.3) is 0 Å². The van der Waals surface area contributed by atoms with Crippen molar-refractivity contribution in [2.45, 2.75) is 19.9 Å². The molecule has 2 aromatic rings. The highest BCUT2D eigenvalue weighted by molar-refractivity contribution is 8.00. The van der Waals surface area contributed by atoms with Crippen LogP contribution < -0.4 is 5.32 Å². The van der Waals surface area contributed by atoms with Gasteiger partial charge in [-0.15, -0.1) is 11.8 Å². The molecule has 2 amide bonds. The first-order chi connectivity index (χ1) is 12.6. The first kappa shape index (κ1) is 18.8. The van der Waals surface area contributed by atoms with Gasteiger partial charge in [0.15, 0.2) is 0 Å². The summed E-state index contributed by atoms with van der Waals surface area (Å²) >= 11 is 1.33. The van der Waals surface area contributed by atoms with Crippen LogP contribution in [0.25, 0.3) is 11.0 Å². The molecule has 1 fully saturated rings. The van der Waals surface area contributed by atoms with Crippen LogP contribution >= 0.6 is 11.8 Å². The average molecular weight is 376 g/mol. The van der Waals surface area contributed by atoms with E-state index in [1.54, 1.807) is 4.90 Å². The Bertz CT molecular complexity index is 783. The summed E-state index contributed by atoms with van der Waals surface area (Å²) in [5.41, 5.74) is 1.87. The van der Waals surface area contributed by atoms with Gasteiger partial charge in [-0.2, -0.15) is 0 Å². The zero-order chi connectivity index (χ0) is 18.5. The number of carbonyl (C=O) groups excluding carboxylic acids is 2. The molecule has 1 saturated heterocycles. The molecular formula is C19H24N2O4S. The third-order valence-electron chi connectivity index (χ3n) is 4.47. The van der Waals surface area contributed by atoms with Crippen molar-refractivity contribution in [2.75, 3.05) is 37.8 Å². The van der Waals surface area contributed by atoms with Crippen LogP contribution in [0.5, 0.6) is 0 Å². The third-order valence-corrected chi connectivity index (χ3v) is 5.39. The number of amides is 2. The van der Waals surface area contributed by atoms with E-state index in [1.165, 1.54) is 11.8 Å². The fourth-order valence-corrected chi connectivity index (χ4v) is 3.82. The molecule has 1 atom stereocenters. The van der Waals surface area contributed by atoms with Crippen LogP contribution in [0.2, 0.25) is 0 Å². The van der Waals surface area contributed by atoms with Gasteiger partial charge in [-0.3, -0.25) is 9.59 Å². The molecule has 0 aliphatic carbocycles. The van der Waals surface area contributed by atoms with Crippen molar-refractivity contribution in [3.05, 3.63) is 35.6 Å². The van der Waals surface area contributed by atoms with Gasteiger partial charge in [0.2, 0.25) is 11.8 Å². The van der Waals surface area contributed by atoms with Crippen molar-refractivity contribution in [1.82, 2.24) is 10.2 Å². The summed E-state index contributed by atoms with van der Waals surface area (Å²) in [5, 5.41) is 4.02. The molecule has 3 rings (SSSR count). The number of carbonyl (C=O) groups is 2. The number of ether oxygens (including phenoxy) is 1. The largest absolute Gasteiger partial charge is 0.459 e. The number of fused-ring (bicyclic) bond motifs is 1. The van der Waals surface area contributed by atoms with E-state index in [1.807, 2.05) is 38.1 Å². The molecule has 1 aromatic heterocycles. The van der Waals surface area contributed by atoms with Crippen molar-refractivity contribution in [3.8, 4) is 0 Å². The molecule has 1 aromatic carbocycles. The summed E-state index contributed by atoms with van der Waals surface area (Å²) in [6, 6.07) is 7.62. The maximum atomic E-state index is 12.2. The molecular weight excluding hydrogens is 352 g/mol. The fraction of sp³-hybridized carbons (Fsp3) is 0.474. The standard InChI is InChI=1S/C19H24N2O4S/c1-13-15-5-3-4-6-16(15)25-19(13)14(2)20-17(22)11-26-12-18(23)21-7-9-24-10-8-21/h3-6,14H,7-12H2,1-2H3,(H,20,22). The fourth-order valence-electron chi connectivity index (χ4n) is 3.09. The molecule has 2 heterocycles. The second kappa shape index (κ2) is 8.60. The van der Waals surface area contributed by atoms with E-state index < -0.39 is 0 Å². The molecule has 7 heteroatoms. The van der Waals surface area contributed by atoms with E-state index in [0.29, 0.717) is 32.1 Å². The molecule has 1 aliphatic rings. The van der Waals surface area contributed by atoms with Gasteiger partial charge in [-0.25, -0.2) is 0 Å². The number of hydrogen-bond acceptors (Lipinski definition) is 5. The number of thioether (sulfide) groups is 1. The Labute approximate surface area is 157 Å². The zero-order valence-corrected chi connectivity index (χ0v) is 15.9. The minimum Gasteiger partial charge on any atom is -0.459 e. The van der Waals surface area contributed by atoms with Crippen LogP contribution in [0.4, 0.5) is 0 Å². The lowest BCUT2D eigenvalue weighted by Crippen LogP contribution is -2.41. The molecule has 1 aliphatic heterocycles. The van der Waals surface area contributed by atoms with Crippen LogP contribution in [0.15, 0.2) is 28.7 Å². The Kier molecular flexibility index (Phi) is 6.21. The van der Waals surface area contributed by atoms with E-state index in [2.05, 4.69) is 5.32 Å². The SMILES string of the molecule is Cc1c(C(C)NC(=O)CSCC(=O)N2CCOCC2)oc2ccccc12. The first-order valence-corrected chi connectivity index (χ1v) is 9.92. The van der Waals surface area contributed by atoms with Gasteiger partial charge in [-0.1, -0.05) is 18.2 Å². The third kappa shape index (κ3) is 4.40. The Morgan fingerprint density at radius 1 is 1.23 bits per heavy atom. The van der Waals surface area contributed by atoms with E-state index in [0.717, 1.165) is 22.3 Å². The molecule has 0 radical (unpaired) electrons. The second-order valence-electron chi connectivity index (χ2n) is 6.36. The summed E-state index contributed by atoms with van der Waals surface area (Å²) in [6.45, 7) is 6.35. The predicted octanol–water partition coefficient (Wildman–Crippen LogP) is 2.51. The van der Waals surface area contributed by atoms with Crippen molar-refractivity contribution < 1.29 is 18.7 Å². The molecule has 26 heavy (non-hydrogen) atoms. The monoisotopic (exact) mass is 376 g/mol. The zero-order valence-electron chi connectivity index (χ0n) is 15.1. The minimum atomic E-state index is -0.217. The molecule has 6 nitrogen and oxygen atoms in total. The highest BCUT2D eigenvalue weighted by atomic mass is 32.2. The number of rotatable bonds is 6. The maximum Gasteiger partial charge on any atom is 0.232 e. The number of morpholine rings is 1. The van der Waals surface area contributed by atoms with Crippen LogP contribution in [0.1, 0.15) is 24.3 Å². The number of aryl methyl sites for hydroxylation is 1. The number of para-hydroxylation sites is 1. The lowest BCUT2D eigenvalue weighted by molar-refractivity contribution is -0.132. The Morgan fingerprint density at radius 2 is 1.96 bits per heavy atom. The topological polar surface area (TPSA) is 71.8 Å². The number of nitrogens with one attached hydrogen (secondary N) is 1. The van der Waals surface area contributed by atoms with Crippen molar-refractivity contribution in [2.24, 2.45) is 0 Å². The Balaban J connectivity index is 1.48. The summed E-state index contributed by atoms with van der Waals surface area (Å²) in [4.78, 5) is 26.0. The van der Waals surface area contributed by atoms with Gasteiger partial charge < -0.3 is 19.4 Å². The number of benzene rings is 1. The molecule has 0 bridgehead atoms. The van der Waals surface area contributed by atoms with E-state index in [-0.39, 0.29) is 23.6 Å². The number of nitrogens with zero attached hydrogens (tertiary/aromatic N) is 1. The van der Waals surface area contributed by atoms with E-state index in [9.17, 15) is 9.59 Å². The molecule has 0 saturated carbocycles. The van der Waals surface area contributed by atoms with Crippen LogP contribution in [0.3, 0.4) is 0 Å². The highest BCUT2D eigenvalue weighted by Crippen LogP contribution is 2.29. The van der Waals surface area contributed by atoms with E-state index in [4.69, 9.17) is 9.15 Å². The van der Waals surface area contributed by atoms with Crippen LogP contribution in [0, 0.1) is 6.92 Å². The molecule has 1 N–H and O–H groups in total. The van der Waals surface area contributed by atoms with Crippen molar-refractivity contribution in [1.29, 1.82) is 0 Å². The summed E-state index contributed by atoms with van der Waals surface area (Å²) in [7, 11) is 0. The average Bonchev–Trinajstić information content (AvgIpc) is 2.99. The van der Waals surface area contributed by atoms with Crippen LogP contribution in [-0.2, 0) is 14.3 Å². The lowest BCUT2D eigenvalue weighted by atomic mass is 10.1. The summed E-state index contributed by atoms with van der Waals surface area (Å²) in [5.74, 6) is 1.30. The molecule has 0 spiro atoms. The first-order valence-electron chi connectivity index (χ1n) is 8.77. The highest BCUT2D eigenvalue weighted by Gasteiger charge is 2.20. The normalized spacial score (nSPS) is 15.8. The number of furan rings is 1. The van der Waals surface area contributed by atoms with Crippen molar-refractivity contribution in [3.63, 3.8) is 0 Å².